The number of esters is 1. The molecule has 0 aliphatic carbocycles. The highest BCUT2D eigenvalue weighted by Gasteiger charge is 2.37. The molecule has 18 heteroatoms. The smallest absolute Gasteiger partial charge is 0.408 e. The van der Waals surface area contributed by atoms with Crippen molar-refractivity contribution in [2.75, 3.05) is 65.9 Å². The molecule has 0 aliphatic rings. The fourth-order valence-corrected chi connectivity index (χ4v) is 5.03. The highest BCUT2D eigenvalue weighted by molar-refractivity contribution is 5.96. The van der Waals surface area contributed by atoms with Crippen LogP contribution in [-0.2, 0) is 72.2 Å². The minimum absolute atomic E-state index is 0.0342. The van der Waals surface area contributed by atoms with E-state index in [2.05, 4.69) is 21.3 Å². The summed E-state index contributed by atoms with van der Waals surface area (Å²) in [6.07, 6.45) is -2.14. The van der Waals surface area contributed by atoms with Crippen molar-refractivity contribution in [2.45, 2.75) is 51.2 Å². The maximum atomic E-state index is 13.5. The normalized spacial score (nSPS) is 11.7. The second-order valence-electron chi connectivity index (χ2n) is 12.8. The summed E-state index contributed by atoms with van der Waals surface area (Å²) in [6, 6.07) is 23.5. The molecule has 2 atom stereocenters. The Morgan fingerprint density at radius 2 is 0.850 bits per heavy atom. The summed E-state index contributed by atoms with van der Waals surface area (Å²) in [4.78, 5) is 75.7. The van der Waals surface area contributed by atoms with Crippen molar-refractivity contribution in [3.63, 3.8) is 0 Å². The van der Waals surface area contributed by atoms with Gasteiger partial charge in [0.2, 0.25) is 11.8 Å². The van der Waals surface area contributed by atoms with Crippen molar-refractivity contribution in [3.05, 3.63) is 108 Å². The van der Waals surface area contributed by atoms with E-state index in [9.17, 15) is 28.8 Å². The Hall–Kier alpha value is -6.08. The van der Waals surface area contributed by atoms with Gasteiger partial charge in [-0.1, -0.05) is 91.0 Å². The van der Waals surface area contributed by atoms with E-state index in [0.29, 0.717) is 37.6 Å². The van der Waals surface area contributed by atoms with Gasteiger partial charge in [0, 0.05) is 19.5 Å². The van der Waals surface area contributed by atoms with Crippen molar-refractivity contribution in [2.24, 2.45) is 0 Å². The van der Waals surface area contributed by atoms with Crippen LogP contribution in [0.15, 0.2) is 91.0 Å². The van der Waals surface area contributed by atoms with Gasteiger partial charge in [0.1, 0.15) is 31.9 Å². The lowest BCUT2D eigenvalue weighted by molar-refractivity contribution is -0.146. The third-order valence-electron chi connectivity index (χ3n) is 8.09. The number of amides is 4. The molecule has 326 valence electrons. The number of rotatable bonds is 30. The molecule has 0 aromatic heterocycles. The molecule has 3 rings (SSSR count). The zero-order valence-corrected chi connectivity index (χ0v) is 33.4. The number of aliphatic carboxylic acids is 1. The molecular weight excluding hydrogens is 784 g/mol. The van der Waals surface area contributed by atoms with Crippen LogP contribution in [0.3, 0.4) is 0 Å². The molecule has 0 saturated carbocycles. The number of ether oxygens (including phenoxy) is 7. The van der Waals surface area contributed by atoms with Gasteiger partial charge in [-0.15, -0.1) is 0 Å². The number of hydrogen-bond acceptors (Lipinski definition) is 13. The SMILES string of the molecule is O=C(O)CCCNC(=O)[C@H](NC(=O)OCc1ccccc1)[C@@H](NC(=O)OCc1ccccc1)C(=O)NCCOCCOCCOCCOCCC(=O)OCc1ccccc1. The Balaban J connectivity index is 1.40. The Morgan fingerprint density at radius 3 is 1.28 bits per heavy atom. The van der Waals surface area contributed by atoms with E-state index in [0.717, 1.165) is 5.56 Å². The van der Waals surface area contributed by atoms with E-state index < -0.39 is 42.1 Å². The Kier molecular flexibility index (Phi) is 24.2. The summed E-state index contributed by atoms with van der Waals surface area (Å²) in [7, 11) is 0. The van der Waals surface area contributed by atoms with Gasteiger partial charge in [0.05, 0.1) is 59.3 Å². The molecule has 60 heavy (non-hydrogen) atoms. The van der Waals surface area contributed by atoms with Crippen molar-refractivity contribution in [1.29, 1.82) is 0 Å². The van der Waals surface area contributed by atoms with Crippen LogP contribution in [0.4, 0.5) is 9.59 Å². The van der Waals surface area contributed by atoms with Gasteiger partial charge in [-0.05, 0) is 23.1 Å². The maximum Gasteiger partial charge on any atom is 0.408 e. The number of carboxylic acid groups (broad SMARTS) is 1. The molecule has 0 saturated heterocycles. The van der Waals surface area contributed by atoms with Crippen LogP contribution in [0.5, 0.6) is 0 Å². The quantitative estimate of drug-likeness (QED) is 0.0369. The Labute approximate surface area is 348 Å². The molecule has 0 bridgehead atoms. The van der Waals surface area contributed by atoms with Crippen LogP contribution >= 0.6 is 0 Å². The largest absolute Gasteiger partial charge is 0.481 e. The van der Waals surface area contributed by atoms with Gasteiger partial charge in [-0.3, -0.25) is 19.2 Å². The number of carbonyl (C=O) groups excluding carboxylic acids is 5. The van der Waals surface area contributed by atoms with E-state index in [1.54, 1.807) is 60.7 Å². The molecular formula is C42H54N4O14. The zero-order chi connectivity index (χ0) is 43.0. The van der Waals surface area contributed by atoms with Crippen LogP contribution in [0.1, 0.15) is 36.0 Å². The molecule has 3 aromatic carbocycles. The van der Waals surface area contributed by atoms with E-state index in [4.69, 9.17) is 38.3 Å². The van der Waals surface area contributed by atoms with Crippen molar-refractivity contribution in [3.8, 4) is 0 Å². The summed E-state index contributed by atoms with van der Waals surface area (Å²) >= 11 is 0. The predicted molar refractivity (Wildman–Crippen MR) is 214 cm³/mol. The third kappa shape index (κ3) is 22.2. The standard InChI is InChI=1S/C42H54N4O14/c47-35(48)17-10-19-43-39(50)37(45-41(52)59-30-33-13-6-2-7-14-33)38(46-42(53)60-31-34-15-8-3-9-16-34)40(51)44-20-22-55-24-26-57-28-27-56-25-23-54-21-18-36(49)58-29-32-11-4-1-5-12-32/h1-9,11-16,37-38H,10,17-31H2,(H,43,50)(H,44,51)(H,45,52)(H,46,53)(H,47,48)/t37-,38-/m1/s1. The highest BCUT2D eigenvalue weighted by Crippen LogP contribution is 2.06. The first-order valence-electron chi connectivity index (χ1n) is 19.4. The summed E-state index contributed by atoms with van der Waals surface area (Å²) in [6.45, 7) is 1.67. The molecule has 0 radical (unpaired) electrons. The van der Waals surface area contributed by atoms with E-state index in [1.165, 1.54) is 0 Å². The summed E-state index contributed by atoms with van der Waals surface area (Å²) < 4.78 is 37.6. The second-order valence-corrected chi connectivity index (χ2v) is 12.8. The lowest BCUT2D eigenvalue weighted by Crippen LogP contribution is -2.64. The number of nitrogens with one attached hydrogen (secondary N) is 4. The van der Waals surface area contributed by atoms with E-state index in [1.807, 2.05) is 30.3 Å². The van der Waals surface area contributed by atoms with Crippen LogP contribution in [0.25, 0.3) is 0 Å². The maximum absolute atomic E-state index is 13.5. The van der Waals surface area contributed by atoms with Crippen molar-refractivity contribution in [1.82, 2.24) is 21.3 Å². The minimum atomic E-state index is -1.71. The molecule has 0 spiro atoms. The summed E-state index contributed by atoms with van der Waals surface area (Å²) in [5, 5.41) is 18.8. The van der Waals surface area contributed by atoms with Crippen LogP contribution in [0.2, 0.25) is 0 Å². The zero-order valence-electron chi connectivity index (χ0n) is 33.4. The van der Waals surface area contributed by atoms with Gasteiger partial charge in [0.25, 0.3) is 0 Å². The first-order valence-corrected chi connectivity index (χ1v) is 19.4. The van der Waals surface area contributed by atoms with E-state index >= 15 is 0 Å². The lowest BCUT2D eigenvalue weighted by Gasteiger charge is -2.27. The predicted octanol–water partition coefficient (Wildman–Crippen LogP) is 2.87. The first-order chi connectivity index (χ1) is 29.2. The molecule has 0 heterocycles. The van der Waals surface area contributed by atoms with Gasteiger partial charge in [0.15, 0.2) is 0 Å². The number of carboxylic acids is 1. The van der Waals surface area contributed by atoms with Gasteiger partial charge >= 0.3 is 24.1 Å². The molecule has 0 fully saturated rings. The number of benzene rings is 3. The van der Waals surface area contributed by atoms with Crippen molar-refractivity contribution >= 4 is 35.9 Å². The fraction of sp³-hybridized carbons (Fsp3) is 0.429. The molecule has 5 N–H and O–H groups in total. The molecule has 3 aromatic rings. The van der Waals surface area contributed by atoms with Crippen LogP contribution in [-0.4, -0.2) is 119 Å². The average Bonchev–Trinajstić information content (AvgIpc) is 3.26. The molecule has 4 amide bonds. The highest BCUT2D eigenvalue weighted by atomic mass is 16.6. The number of alkyl carbamates (subject to hydrolysis) is 2. The number of carbonyl (C=O) groups is 6. The van der Waals surface area contributed by atoms with Gasteiger partial charge < -0.3 is 59.5 Å². The van der Waals surface area contributed by atoms with Crippen LogP contribution in [0, 0.1) is 0 Å². The number of hydrogen-bond donors (Lipinski definition) is 5. The first kappa shape index (κ1) is 48.3. The van der Waals surface area contributed by atoms with E-state index in [-0.39, 0.29) is 84.6 Å². The Morgan fingerprint density at radius 1 is 0.467 bits per heavy atom. The molecule has 0 unspecified atom stereocenters. The topological polar surface area (TPSA) is 235 Å². The second kappa shape index (κ2) is 30.0. The fourth-order valence-electron chi connectivity index (χ4n) is 5.03. The van der Waals surface area contributed by atoms with Crippen LogP contribution < -0.4 is 21.3 Å². The Bertz CT molecular complexity index is 1700. The summed E-state index contributed by atoms with van der Waals surface area (Å²) in [5.41, 5.74) is 2.23. The lowest BCUT2D eigenvalue weighted by atomic mass is 10.1. The minimum Gasteiger partial charge on any atom is -0.481 e. The van der Waals surface area contributed by atoms with Gasteiger partial charge in [-0.25, -0.2) is 9.59 Å². The molecule has 18 nitrogen and oxygen atoms in total. The third-order valence-corrected chi connectivity index (χ3v) is 8.09. The molecule has 0 aliphatic heterocycles. The van der Waals surface area contributed by atoms with Gasteiger partial charge in [-0.2, -0.15) is 0 Å². The monoisotopic (exact) mass is 838 g/mol. The summed E-state index contributed by atoms with van der Waals surface area (Å²) in [5.74, 6) is -3.16. The van der Waals surface area contributed by atoms with Crippen molar-refractivity contribution < 1.29 is 67.0 Å². The average molecular weight is 839 g/mol.